The molecule has 0 bridgehead atoms. The summed E-state index contributed by atoms with van der Waals surface area (Å²) in [6, 6.07) is 12.2. The number of hydrogen-bond donors (Lipinski definition) is 2. The van der Waals surface area contributed by atoms with Crippen LogP contribution in [0.2, 0.25) is 0 Å². The monoisotopic (exact) mass is 488 g/mol. The quantitative estimate of drug-likeness (QED) is 0.230. The molecule has 3 aromatic carbocycles. The average Bonchev–Trinajstić information content (AvgIpc) is 2.83. The van der Waals surface area contributed by atoms with Crippen molar-refractivity contribution in [3.8, 4) is 28.7 Å². The predicted octanol–water partition coefficient (Wildman–Crippen LogP) is 5.65. The summed E-state index contributed by atoms with van der Waals surface area (Å²) in [6.45, 7) is -0.0316. The summed E-state index contributed by atoms with van der Waals surface area (Å²) in [5.74, 6) is -0.729. The fraction of sp³-hybridized carbons (Fsp3) is 0.192. The van der Waals surface area contributed by atoms with Crippen LogP contribution in [0.5, 0.6) is 28.7 Å². The maximum Gasteiger partial charge on any atom is 0.419 e. The van der Waals surface area contributed by atoms with Crippen molar-refractivity contribution < 1.29 is 42.4 Å². The summed E-state index contributed by atoms with van der Waals surface area (Å²) in [5.41, 5.74) is -0.0663. The molecule has 35 heavy (non-hydrogen) atoms. The van der Waals surface area contributed by atoms with Gasteiger partial charge in [-0.15, -0.1) is 0 Å². The minimum atomic E-state index is -4.73. The average molecular weight is 488 g/mol. The highest BCUT2D eigenvalue weighted by Crippen LogP contribution is 2.37. The van der Waals surface area contributed by atoms with Gasteiger partial charge in [0.05, 0.1) is 26.4 Å². The number of carbonyl (C=O) groups is 1. The van der Waals surface area contributed by atoms with E-state index in [9.17, 15) is 28.2 Å². The predicted molar refractivity (Wildman–Crippen MR) is 123 cm³/mol. The minimum absolute atomic E-state index is 0.0316. The lowest BCUT2D eigenvalue weighted by molar-refractivity contribution is -0.138. The molecule has 0 aromatic heterocycles. The van der Waals surface area contributed by atoms with Gasteiger partial charge in [0.2, 0.25) is 0 Å². The lowest BCUT2D eigenvalue weighted by atomic mass is 10.0. The molecular formula is C26H23F3O6. The van der Waals surface area contributed by atoms with Gasteiger partial charge in [-0.3, -0.25) is 4.79 Å². The number of rotatable bonds is 9. The van der Waals surface area contributed by atoms with Crippen LogP contribution in [0.1, 0.15) is 27.0 Å². The van der Waals surface area contributed by atoms with E-state index in [1.807, 2.05) is 0 Å². The third kappa shape index (κ3) is 6.47. The van der Waals surface area contributed by atoms with Gasteiger partial charge in [0.15, 0.2) is 28.8 Å². The summed E-state index contributed by atoms with van der Waals surface area (Å²) >= 11 is 0. The molecule has 6 nitrogen and oxygen atoms in total. The molecule has 0 atom stereocenters. The second kappa shape index (κ2) is 10.9. The first-order valence-corrected chi connectivity index (χ1v) is 10.4. The van der Waals surface area contributed by atoms with E-state index in [0.717, 1.165) is 23.8 Å². The fourth-order valence-electron chi connectivity index (χ4n) is 3.26. The van der Waals surface area contributed by atoms with Gasteiger partial charge in [-0.1, -0.05) is 18.2 Å². The van der Waals surface area contributed by atoms with Gasteiger partial charge in [-0.2, -0.15) is 13.2 Å². The van der Waals surface area contributed by atoms with Crippen LogP contribution < -0.4 is 14.2 Å². The number of phenols is 2. The SMILES string of the molecule is COc1ccc(CCOc2ccc(C(=O)/C=C/c3ccc(O)c(O)c3)cc2C(F)(F)F)cc1OC. The van der Waals surface area contributed by atoms with Crippen LogP contribution in [0, 0.1) is 0 Å². The van der Waals surface area contributed by atoms with E-state index in [4.69, 9.17) is 14.2 Å². The number of halogens is 3. The number of methoxy groups -OCH3 is 2. The zero-order chi connectivity index (χ0) is 25.6. The Balaban J connectivity index is 1.74. The van der Waals surface area contributed by atoms with Gasteiger partial charge in [0, 0.05) is 12.0 Å². The van der Waals surface area contributed by atoms with E-state index in [2.05, 4.69) is 0 Å². The molecule has 184 valence electrons. The Morgan fingerprint density at radius 3 is 2.26 bits per heavy atom. The molecular weight excluding hydrogens is 465 g/mol. The minimum Gasteiger partial charge on any atom is -0.504 e. The molecule has 0 aliphatic carbocycles. The van der Waals surface area contributed by atoms with Gasteiger partial charge < -0.3 is 24.4 Å². The zero-order valence-corrected chi connectivity index (χ0v) is 18.9. The topological polar surface area (TPSA) is 85.2 Å². The van der Waals surface area contributed by atoms with Crippen LogP contribution in [0.25, 0.3) is 6.08 Å². The number of hydrogen-bond acceptors (Lipinski definition) is 6. The van der Waals surface area contributed by atoms with Crippen LogP contribution in [0.3, 0.4) is 0 Å². The molecule has 3 aromatic rings. The van der Waals surface area contributed by atoms with E-state index in [0.29, 0.717) is 23.5 Å². The summed E-state index contributed by atoms with van der Waals surface area (Å²) < 4.78 is 56.8. The van der Waals surface area contributed by atoms with Crippen LogP contribution >= 0.6 is 0 Å². The van der Waals surface area contributed by atoms with E-state index >= 15 is 0 Å². The zero-order valence-electron chi connectivity index (χ0n) is 18.9. The smallest absolute Gasteiger partial charge is 0.419 e. The van der Waals surface area contributed by atoms with Crippen molar-refractivity contribution in [1.82, 2.24) is 0 Å². The van der Waals surface area contributed by atoms with E-state index in [1.165, 1.54) is 44.6 Å². The number of benzene rings is 3. The number of allylic oxidation sites excluding steroid dienone is 1. The van der Waals surface area contributed by atoms with Gasteiger partial charge in [-0.05, 0) is 59.7 Å². The van der Waals surface area contributed by atoms with Gasteiger partial charge in [0.25, 0.3) is 0 Å². The highest BCUT2D eigenvalue weighted by Gasteiger charge is 2.35. The third-order valence-electron chi connectivity index (χ3n) is 5.09. The molecule has 9 heteroatoms. The molecule has 0 aliphatic rings. The van der Waals surface area contributed by atoms with E-state index < -0.39 is 17.5 Å². The molecule has 0 spiro atoms. The van der Waals surface area contributed by atoms with E-state index in [1.54, 1.807) is 18.2 Å². The number of ketones is 1. The lowest BCUT2D eigenvalue weighted by Gasteiger charge is -2.15. The molecule has 0 unspecified atom stereocenters. The molecule has 0 aliphatic heterocycles. The van der Waals surface area contributed by atoms with Gasteiger partial charge >= 0.3 is 6.18 Å². The molecule has 0 saturated carbocycles. The maximum atomic E-state index is 13.7. The molecule has 0 fully saturated rings. The largest absolute Gasteiger partial charge is 0.504 e. The summed E-state index contributed by atoms with van der Waals surface area (Å²) in [5, 5.41) is 18.8. The molecule has 2 N–H and O–H groups in total. The Labute approximate surface area is 199 Å². The standard InChI is InChI=1S/C26H23F3O6/c1-33-24-9-5-17(14-25(24)34-2)11-12-35-23-10-6-18(15-19(23)26(27,28)29)20(30)7-3-16-4-8-21(31)22(32)13-16/h3-10,13-15,31-32H,11-12H2,1-2H3/b7-3+. The van der Waals surface area contributed by atoms with Crippen molar-refractivity contribution in [3.63, 3.8) is 0 Å². The van der Waals surface area contributed by atoms with Crippen molar-refractivity contribution >= 4 is 11.9 Å². The second-order valence-electron chi connectivity index (χ2n) is 7.44. The van der Waals surface area contributed by atoms with E-state index in [-0.39, 0.29) is 29.4 Å². The molecule has 0 saturated heterocycles. The summed E-state index contributed by atoms with van der Waals surface area (Å²) in [7, 11) is 2.99. The molecule has 3 rings (SSSR count). The maximum absolute atomic E-state index is 13.7. The highest BCUT2D eigenvalue weighted by atomic mass is 19.4. The van der Waals surface area contributed by atoms with Crippen LogP contribution in [-0.4, -0.2) is 36.8 Å². The van der Waals surface area contributed by atoms with Crippen LogP contribution in [0.15, 0.2) is 60.7 Å². The van der Waals surface area contributed by atoms with Crippen molar-refractivity contribution in [2.75, 3.05) is 20.8 Å². The molecule has 0 amide bonds. The Morgan fingerprint density at radius 1 is 0.886 bits per heavy atom. The summed E-state index contributed by atoms with van der Waals surface area (Å²) in [6.07, 6.45) is -2.01. The molecule has 0 radical (unpaired) electrons. The van der Waals surface area contributed by atoms with Gasteiger partial charge in [-0.25, -0.2) is 0 Å². The summed E-state index contributed by atoms with van der Waals surface area (Å²) in [4.78, 5) is 12.4. The Hall–Kier alpha value is -4.14. The number of aromatic hydroxyl groups is 2. The first kappa shape index (κ1) is 25.5. The number of phenolic OH excluding ortho intramolecular Hbond substituents is 2. The number of alkyl halides is 3. The van der Waals surface area contributed by atoms with Crippen molar-refractivity contribution in [3.05, 3.63) is 82.9 Å². The number of carbonyl (C=O) groups excluding carboxylic acids is 1. The Kier molecular flexibility index (Phi) is 7.91. The lowest BCUT2D eigenvalue weighted by Crippen LogP contribution is -2.12. The second-order valence-corrected chi connectivity index (χ2v) is 7.44. The normalized spacial score (nSPS) is 11.5. The number of ether oxygens (including phenoxy) is 3. The first-order chi connectivity index (χ1) is 16.6. The van der Waals surface area contributed by atoms with Crippen molar-refractivity contribution in [2.24, 2.45) is 0 Å². The Bertz CT molecular complexity index is 1230. The fourth-order valence-corrected chi connectivity index (χ4v) is 3.26. The highest BCUT2D eigenvalue weighted by molar-refractivity contribution is 6.07. The first-order valence-electron chi connectivity index (χ1n) is 10.4. The molecule has 0 heterocycles. The van der Waals surface area contributed by atoms with Crippen LogP contribution in [0.4, 0.5) is 13.2 Å². The van der Waals surface area contributed by atoms with Crippen molar-refractivity contribution in [2.45, 2.75) is 12.6 Å². The van der Waals surface area contributed by atoms with Crippen molar-refractivity contribution in [1.29, 1.82) is 0 Å². The Morgan fingerprint density at radius 2 is 1.60 bits per heavy atom. The van der Waals surface area contributed by atoms with Gasteiger partial charge in [0.1, 0.15) is 5.75 Å². The van der Waals surface area contributed by atoms with Crippen LogP contribution in [-0.2, 0) is 12.6 Å². The third-order valence-corrected chi connectivity index (χ3v) is 5.09.